The van der Waals surface area contributed by atoms with Gasteiger partial charge in [-0.25, -0.2) is 4.98 Å². The van der Waals surface area contributed by atoms with Crippen LogP contribution in [0.3, 0.4) is 0 Å². The zero-order chi connectivity index (χ0) is 14.4. The highest BCUT2D eigenvalue weighted by Crippen LogP contribution is 2.67. The second-order valence-corrected chi connectivity index (χ2v) is 7.46. The summed E-state index contributed by atoms with van der Waals surface area (Å²) in [4.78, 5) is 16.3. The molecule has 2 rings (SSSR count). The van der Waals surface area contributed by atoms with Crippen molar-refractivity contribution in [3.63, 3.8) is 0 Å². The van der Waals surface area contributed by atoms with E-state index in [0.29, 0.717) is 29.0 Å². The monoisotopic (exact) mass is 281 g/mol. The number of hydrogen-bond donors (Lipinski definition) is 2. The fourth-order valence-corrected chi connectivity index (χ4v) is 3.49. The van der Waals surface area contributed by atoms with Gasteiger partial charge in [0.15, 0.2) is 0 Å². The molecule has 5 heteroatoms. The molecule has 1 aliphatic carbocycles. The Morgan fingerprint density at radius 3 is 2.47 bits per heavy atom. The first-order valence-corrected chi connectivity index (χ1v) is 7.55. The summed E-state index contributed by atoms with van der Waals surface area (Å²) in [7, 11) is 0. The van der Waals surface area contributed by atoms with Crippen molar-refractivity contribution in [3.8, 4) is 0 Å². The topological polar surface area (TPSA) is 68.0 Å². The first-order chi connectivity index (χ1) is 8.68. The van der Waals surface area contributed by atoms with Gasteiger partial charge in [-0.15, -0.1) is 11.3 Å². The minimum atomic E-state index is -0.118. The third kappa shape index (κ3) is 2.41. The standard InChI is InChI=1S/C14H23N3OS/c1-8(15)12-17-9(7-19-12)11(18)16-6-10-13(2,3)14(10,4)5/h7-8,10H,6,15H2,1-5H3,(H,16,18). The minimum Gasteiger partial charge on any atom is -0.350 e. The molecule has 0 radical (unpaired) electrons. The minimum absolute atomic E-state index is 0.0957. The Hall–Kier alpha value is -0.940. The average molecular weight is 281 g/mol. The number of nitrogens with one attached hydrogen (secondary N) is 1. The second-order valence-electron chi connectivity index (χ2n) is 6.57. The maximum absolute atomic E-state index is 12.0. The number of amides is 1. The van der Waals surface area contributed by atoms with Crippen molar-refractivity contribution in [2.75, 3.05) is 6.54 Å². The highest BCUT2D eigenvalue weighted by Gasteiger charge is 2.64. The molecular weight excluding hydrogens is 258 g/mol. The van der Waals surface area contributed by atoms with Gasteiger partial charge in [0.2, 0.25) is 0 Å². The van der Waals surface area contributed by atoms with Gasteiger partial charge in [-0.2, -0.15) is 0 Å². The number of carbonyl (C=O) groups excluding carboxylic acids is 1. The van der Waals surface area contributed by atoms with Gasteiger partial charge in [0, 0.05) is 11.9 Å². The lowest BCUT2D eigenvalue weighted by atomic mass is 10.0. The molecule has 1 amide bonds. The van der Waals surface area contributed by atoms with Gasteiger partial charge >= 0.3 is 0 Å². The van der Waals surface area contributed by atoms with E-state index in [1.807, 2.05) is 6.92 Å². The van der Waals surface area contributed by atoms with Crippen LogP contribution in [-0.4, -0.2) is 17.4 Å². The Morgan fingerprint density at radius 1 is 1.47 bits per heavy atom. The van der Waals surface area contributed by atoms with Gasteiger partial charge in [-0.1, -0.05) is 27.7 Å². The Bertz CT molecular complexity index is 477. The lowest BCUT2D eigenvalue weighted by Crippen LogP contribution is -2.27. The van der Waals surface area contributed by atoms with E-state index in [1.54, 1.807) is 5.38 Å². The molecule has 0 aliphatic heterocycles. The van der Waals surface area contributed by atoms with Gasteiger partial charge in [0.05, 0.1) is 6.04 Å². The molecule has 1 unspecified atom stereocenters. The van der Waals surface area contributed by atoms with Crippen LogP contribution < -0.4 is 11.1 Å². The van der Waals surface area contributed by atoms with Crippen molar-refractivity contribution < 1.29 is 4.79 Å². The van der Waals surface area contributed by atoms with E-state index in [9.17, 15) is 4.79 Å². The quantitative estimate of drug-likeness (QED) is 0.891. The normalized spacial score (nSPS) is 22.0. The first-order valence-electron chi connectivity index (χ1n) is 6.67. The molecule has 1 heterocycles. The van der Waals surface area contributed by atoms with Crippen LogP contribution in [0, 0.1) is 16.7 Å². The van der Waals surface area contributed by atoms with E-state index < -0.39 is 0 Å². The number of aromatic nitrogens is 1. The molecule has 1 aliphatic rings. The van der Waals surface area contributed by atoms with Crippen LogP contribution in [0.25, 0.3) is 0 Å². The lowest BCUT2D eigenvalue weighted by molar-refractivity contribution is 0.0945. The van der Waals surface area contributed by atoms with E-state index in [2.05, 4.69) is 38.0 Å². The van der Waals surface area contributed by atoms with Crippen LogP contribution in [0.1, 0.15) is 56.2 Å². The van der Waals surface area contributed by atoms with Crippen LogP contribution in [0.15, 0.2) is 5.38 Å². The molecule has 1 atom stereocenters. The van der Waals surface area contributed by atoms with Crippen molar-refractivity contribution in [2.45, 2.75) is 40.7 Å². The molecule has 106 valence electrons. The third-order valence-corrected chi connectivity index (χ3v) is 5.98. The maximum atomic E-state index is 12.0. The number of nitrogens with zero attached hydrogens (tertiary/aromatic N) is 1. The number of rotatable bonds is 4. The Balaban J connectivity index is 1.92. The van der Waals surface area contributed by atoms with Crippen molar-refractivity contribution in [2.24, 2.45) is 22.5 Å². The van der Waals surface area contributed by atoms with E-state index in [4.69, 9.17) is 5.73 Å². The molecule has 1 aromatic rings. The van der Waals surface area contributed by atoms with Crippen molar-refractivity contribution >= 4 is 17.2 Å². The van der Waals surface area contributed by atoms with Crippen LogP contribution in [0.2, 0.25) is 0 Å². The molecule has 0 bridgehead atoms. The fourth-order valence-electron chi connectivity index (χ4n) is 2.73. The molecule has 19 heavy (non-hydrogen) atoms. The summed E-state index contributed by atoms with van der Waals surface area (Å²) in [6.07, 6.45) is 0. The number of carbonyl (C=O) groups is 1. The summed E-state index contributed by atoms with van der Waals surface area (Å²) in [5.74, 6) is 0.428. The predicted octanol–water partition coefficient (Wildman–Crippen LogP) is 2.57. The average Bonchev–Trinajstić information content (AvgIpc) is 2.72. The summed E-state index contributed by atoms with van der Waals surface area (Å²) in [6.45, 7) is 11.6. The van der Waals surface area contributed by atoms with E-state index in [0.717, 1.165) is 5.01 Å². The summed E-state index contributed by atoms with van der Waals surface area (Å²) < 4.78 is 0. The number of thiazole rings is 1. The van der Waals surface area contributed by atoms with E-state index in [-0.39, 0.29) is 11.9 Å². The predicted molar refractivity (Wildman–Crippen MR) is 78.1 cm³/mol. The third-order valence-electron chi connectivity index (χ3n) is 4.93. The van der Waals surface area contributed by atoms with Crippen molar-refractivity contribution in [1.82, 2.24) is 10.3 Å². The van der Waals surface area contributed by atoms with Crippen molar-refractivity contribution in [3.05, 3.63) is 16.1 Å². The van der Waals surface area contributed by atoms with Crippen LogP contribution in [0.5, 0.6) is 0 Å². The van der Waals surface area contributed by atoms with Gasteiger partial charge in [-0.3, -0.25) is 4.79 Å². The zero-order valence-electron chi connectivity index (χ0n) is 12.3. The number of hydrogen-bond acceptors (Lipinski definition) is 4. The molecule has 1 fully saturated rings. The maximum Gasteiger partial charge on any atom is 0.270 e. The first kappa shape index (κ1) is 14.5. The Kier molecular flexibility index (Phi) is 3.47. The second kappa shape index (κ2) is 4.56. The lowest BCUT2D eigenvalue weighted by Gasteiger charge is -2.04. The summed E-state index contributed by atoms with van der Waals surface area (Å²) in [6, 6.07) is -0.118. The van der Waals surface area contributed by atoms with Crippen molar-refractivity contribution in [1.29, 1.82) is 0 Å². The van der Waals surface area contributed by atoms with Gasteiger partial charge < -0.3 is 11.1 Å². The largest absolute Gasteiger partial charge is 0.350 e. The highest BCUT2D eigenvalue weighted by molar-refractivity contribution is 7.09. The van der Waals surface area contributed by atoms with E-state index in [1.165, 1.54) is 11.3 Å². The zero-order valence-corrected chi connectivity index (χ0v) is 13.1. The molecule has 0 saturated heterocycles. The Morgan fingerprint density at radius 2 is 2.05 bits per heavy atom. The molecule has 3 N–H and O–H groups in total. The summed E-state index contributed by atoms with van der Waals surface area (Å²) in [5.41, 5.74) is 6.81. The highest BCUT2D eigenvalue weighted by atomic mass is 32.1. The Labute approximate surface area is 118 Å². The van der Waals surface area contributed by atoms with Gasteiger partial charge in [-0.05, 0) is 23.7 Å². The van der Waals surface area contributed by atoms with Crippen LogP contribution in [-0.2, 0) is 0 Å². The smallest absolute Gasteiger partial charge is 0.270 e. The summed E-state index contributed by atoms with van der Waals surface area (Å²) in [5, 5.41) is 5.57. The molecular formula is C14H23N3OS. The molecule has 0 spiro atoms. The van der Waals surface area contributed by atoms with Crippen LogP contribution in [0.4, 0.5) is 0 Å². The molecule has 0 aromatic carbocycles. The fraction of sp³-hybridized carbons (Fsp3) is 0.714. The van der Waals surface area contributed by atoms with Gasteiger partial charge in [0.25, 0.3) is 5.91 Å². The molecule has 1 aromatic heterocycles. The summed E-state index contributed by atoms with van der Waals surface area (Å²) >= 11 is 1.44. The molecule has 4 nitrogen and oxygen atoms in total. The van der Waals surface area contributed by atoms with E-state index >= 15 is 0 Å². The molecule has 1 saturated carbocycles. The number of nitrogens with two attached hydrogens (primary N) is 1. The van der Waals surface area contributed by atoms with Gasteiger partial charge in [0.1, 0.15) is 10.7 Å². The van der Waals surface area contributed by atoms with Crippen LogP contribution >= 0.6 is 11.3 Å². The SMILES string of the molecule is CC(N)c1nc(C(=O)NCC2C(C)(C)C2(C)C)cs1.